The van der Waals surface area contributed by atoms with Gasteiger partial charge in [-0.15, -0.1) is 10.2 Å². The van der Waals surface area contributed by atoms with E-state index < -0.39 is 11.7 Å². The number of nitrogens with zero attached hydrogens (tertiary/aromatic N) is 6. The Balaban J connectivity index is 1.67. The Labute approximate surface area is 150 Å². The highest BCUT2D eigenvalue weighted by molar-refractivity contribution is 5.79. The monoisotopic (exact) mass is 363 g/mol. The van der Waals surface area contributed by atoms with Gasteiger partial charge in [-0.2, -0.15) is 23.5 Å². The Morgan fingerprint density at radius 2 is 1.89 bits per heavy atom. The van der Waals surface area contributed by atoms with Crippen molar-refractivity contribution < 1.29 is 8.78 Å². The highest BCUT2D eigenvalue weighted by atomic mass is 19.3. The topological polar surface area (TPSA) is 84.6 Å². The third-order valence-electron chi connectivity index (χ3n) is 4.27. The van der Waals surface area contributed by atoms with E-state index in [1.807, 2.05) is 0 Å². The highest BCUT2D eigenvalue weighted by Gasteiger charge is 2.40. The SMILES string of the molecule is FC(F)(c1ccc2ncccc2c1)c1nnc2ccc(-c3cc[nH]n3)nn12. The quantitative estimate of drug-likeness (QED) is 0.532. The molecule has 4 aromatic heterocycles. The molecule has 9 heteroatoms. The molecule has 4 heterocycles. The van der Waals surface area contributed by atoms with Crippen molar-refractivity contribution >= 4 is 16.6 Å². The van der Waals surface area contributed by atoms with E-state index in [0.717, 1.165) is 4.52 Å². The Kier molecular flexibility index (Phi) is 3.23. The fourth-order valence-corrected chi connectivity index (χ4v) is 2.92. The van der Waals surface area contributed by atoms with Crippen LogP contribution in [0.25, 0.3) is 27.9 Å². The molecule has 0 saturated heterocycles. The first-order valence-corrected chi connectivity index (χ1v) is 8.09. The normalized spacial score (nSPS) is 12.1. The Morgan fingerprint density at radius 3 is 2.74 bits per heavy atom. The summed E-state index contributed by atoms with van der Waals surface area (Å²) in [6.45, 7) is 0. The number of H-pyrrole nitrogens is 1. The van der Waals surface area contributed by atoms with Gasteiger partial charge < -0.3 is 0 Å². The third kappa shape index (κ3) is 2.43. The molecule has 0 radical (unpaired) electrons. The van der Waals surface area contributed by atoms with Gasteiger partial charge in [-0.1, -0.05) is 12.1 Å². The molecular weight excluding hydrogens is 352 g/mol. The van der Waals surface area contributed by atoms with Gasteiger partial charge in [0.25, 0.3) is 0 Å². The summed E-state index contributed by atoms with van der Waals surface area (Å²) in [6, 6.07) is 12.7. The van der Waals surface area contributed by atoms with Crippen LogP contribution in [0.3, 0.4) is 0 Å². The number of aromatic nitrogens is 7. The van der Waals surface area contributed by atoms with Crippen LogP contribution in [0.15, 0.2) is 60.9 Å². The number of halogens is 2. The molecule has 5 rings (SSSR count). The number of rotatable bonds is 3. The van der Waals surface area contributed by atoms with Crippen molar-refractivity contribution in [3.05, 3.63) is 72.3 Å². The molecule has 0 bridgehead atoms. The average Bonchev–Trinajstić information content (AvgIpc) is 3.37. The van der Waals surface area contributed by atoms with Crippen LogP contribution >= 0.6 is 0 Å². The second-order valence-corrected chi connectivity index (χ2v) is 5.96. The molecule has 0 spiro atoms. The lowest BCUT2D eigenvalue weighted by Gasteiger charge is -2.15. The van der Waals surface area contributed by atoms with Crippen LogP contribution in [-0.4, -0.2) is 35.0 Å². The van der Waals surface area contributed by atoms with Gasteiger partial charge in [0.15, 0.2) is 5.65 Å². The molecular formula is C18H11F2N7. The van der Waals surface area contributed by atoms with Gasteiger partial charge in [0.1, 0.15) is 11.4 Å². The van der Waals surface area contributed by atoms with E-state index in [2.05, 4.69) is 30.5 Å². The van der Waals surface area contributed by atoms with E-state index in [9.17, 15) is 0 Å². The van der Waals surface area contributed by atoms with Gasteiger partial charge in [0.05, 0.1) is 5.52 Å². The number of pyridine rings is 1. The maximum Gasteiger partial charge on any atom is 0.333 e. The first-order valence-electron chi connectivity index (χ1n) is 8.09. The van der Waals surface area contributed by atoms with Crippen LogP contribution in [0.1, 0.15) is 11.4 Å². The van der Waals surface area contributed by atoms with Gasteiger partial charge in [-0.25, -0.2) is 0 Å². The van der Waals surface area contributed by atoms with Gasteiger partial charge in [0.2, 0.25) is 5.82 Å². The lowest BCUT2D eigenvalue weighted by molar-refractivity contribution is 0.0307. The Hall–Kier alpha value is -3.75. The third-order valence-corrected chi connectivity index (χ3v) is 4.27. The van der Waals surface area contributed by atoms with E-state index >= 15 is 8.78 Å². The molecule has 5 aromatic rings. The molecule has 1 N–H and O–H groups in total. The van der Waals surface area contributed by atoms with Crippen LogP contribution in [0.4, 0.5) is 8.78 Å². The Bertz CT molecular complexity index is 1260. The molecule has 0 fully saturated rings. The van der Waals surface area contributed by atoms with Crippen molar-refractivity contribution in [3.63, 3.8) is 0 Å². The fourth-order valence-electron chi connectivity index (χ4n) is 2.92. The zero-order chi connectivity index (χ0) is 18.4. The number of aromatic amines is 1. The largest absolute Gasteiger partial charge is 0.333 e. The van der Waals surface area contributed by atoms with E-state index in [1.165, 1.54) is 12.1 Å². The van der Waals surface area contributed by atoms with E-state index in [-0.39, 0.29) is 11.2 Å². The summed E-state index contributed by atoms with van der Waals surface area (Å²) in [5.74, 6) is -3.95. The van der Waals surface area contributed by atoms with Gasteiger partial charge in [-0.3, -0.25) is 10.1 Å². The predicted octanol–water partition coefficient (Wildman–Crippen LogP) is 3.20. The predicted molar refractivity (Wildman–Crippen MR) is 93.1 cm³/mol. The minimum Gasteiger partial charge on any atom is -0.285 e. The second kappa shape index (κ2) is 5.63. The molecule has 0 aliphatic heterocycles. The zero-order valence-corrected chi connectivity index (χ0v) is 13.7. The molecule has 1 aromatic carbocycles. The number of fused-ring (bicyclic) bond motifs is 2. The smallest absolute Gasteiger partial charge is 0.285 e. The van der Waals surface area contributed by atoms with Crippen LogP contribution < -0.4 is 0 Å². The summed E-state index contributed by atoms with van der Waals surface area (Å²) >= 11 is 0. The average molecular weight is 363 g/mol. The van der Waals surface area contributed by atoms with Crippen LogP contribution in [-0.2, 0) is 5.92 Å². The van der Waals surface area contributed by atoms with Crippen molar-refractivity contribution in [2.24, 2.45) is 0 Å². The molecule has 0 amide bonds. The Morgan fingerprint density at radius 1 is 0.963 bits per heavy atom. The molecule has 0 saturated carbocycles. The number of alkyl halides is 2. The van der Waals surface area contributed by atoms with E-state index in [1.54, 1.807) is 48.8 Å². The van der Waals surface area contributed by atoms with Gasteiger partial charge >= 0.3 is 5.92 Å². The molecule has 0 aliphatic rings. The second-order valence-electron chi connectivity index (χ2n) is 5.96. The minimum atomic E-state index is -3.39. The summed E-state index contributed by atoms with van der Waals surface area (Å²) in [7, 11) is 0. The fraction of sp³-hybridized carbons (Fsp3) is 0.0556. The van der Waals surface area contributed by atoms with E-state index in [4.69, 9.17) is 0 Å². The van der Waals surface area contributed by atoms with Gasteiger partial charge in [0, 0.05) is 23.3 Å². The van der Waals surface area contributed by atoms with Crippen molar-refractivity contribution in [2.75, 3.05) is 0 Å². The lowest BCUT2D eigenvalue weighted by Crippen LogP contribution is -2.20. The minimum absolute atomic E-state index is 0.204. The molecule has 0 unspecified atom stereocenters. The van der Waals surface area contributed by atoms with Crippen molar-refractivity contribution in [2.45, 2.75) is 5.92 Å². The van der Waals surface area contributed by atoms with Crippen molar-refractivity contribution in [3.8, 4) is 11.4 Å². The maximum absolute atomic E-state index is 15.2. The van der Waals surface area contributed by atoms with Crippen LogP contribution in [0.5, 0.6) is 0 Å². The van der Waals surface area contributed by atoms with Crippen LogP contribution in [0.2, 0.25) is 0 Å². The molecule has 7 nitrogen and oxygen atoms in total. The number of benzene rings is 1. The standard InChI is InChI=1S/C18H11F2N7/c19-18(20,12-3-4-13-11(10-12)2-1-8-21-13)17-25-24-16-6-5-15(26-27(16)17)14-7-9-22-23-14/h1-10H,(H,22,23). The van der Waals surface area contributed by atoms with Crippen molar-refractivity contribution in [1.82, 2.24) is 35.0 Å². The summed E-state index contributed by atoms with van der Waals surface area (Å²) in [6.07, 6.45) is 3.25. The number of nitrogens with one attached hydrogen (secondary N) is 1. The lowest BCUT2D eigenvalue weighted by atomic mass is 10.0. The molecule has 27 heavy (non-hydrogen) atoms. The summed E-state index contributed by atoms with van der Waals surface area (Å²) in [5, 5.41) is 19.1. The summed E-state index contributed by atoms with van der Waals surface area (Å²) < 4.78 is 31.5. The number of hydrogen-bond acceptors (Lipinski definition) is 5. The van der Waals surface area contributed by atoms with E-state index in [0.29, 0.717) is 22.3 Å². The molecule has 132 valence electrons. The number of hydrogen-bond donors (Lipinski definition) is 1. The summed E-state index contributed by atoms with van der Waals surface area (Å²) in [4.78, 5) is 4.16. The highest BCUT2D eigenvalue weighted by Crippen LogP contribution is 2.35. The maximum atomic E-state index is 15.2. The zero-order valence-electron chi connectivity index (χ0n) is 13.7. The molecule has 0 atom stereocenters. The van der Waals surface area contributed by atoms with Crippen molar-refractivity contribution in [1.29, 1.82) is 0 Å². The first kappa shape index (κ1) is 15.5. The summed E-state index contributed by atoms with van der Waals surface area (Å²) in [5.41, 5.74) is 1.64. The van der Waals surface area contributed by atoms with Crippen LogP contribution in [0, 0.1) is 0 Å². The first-order chi connectivity index (χ1) is 13.1. The molecule has 0 aliphatic carbocycles. The van der Waals surface area contributed by atoms with Gasteiger partial charge in [-0.05, 0) is 36.4 Å².